The molecule has 26 heavy (non-hydrogen) atoms. The lowest BCUT2D eigenvalue weighted by Crippen LogP contribution is -2.36. The number of nitrogens with one attached hydrogen (secondary N) is 1. The van der Waals surface area contributed by atoms with Gasteiger partial charge in [-0.1, -0.05) is 19.9 Å². The summed E-state index contributed by atoms with van der Waals surface area (Å²) in [7, 11) is 3.16. The Kier molecular flexibility index (Phi) is 5.87. The Bertz CT molecular complexity index is 796. The molecular weight excluding hydrogens is 334 g/mol. The molecule has 0 spiro atoms. The highest BCUT2D eigenvalue weighted by molar-refractivity contribution is 5.95. The van der Waals surface area contributed by atoms with Crippen molar-refractivity contribution in [3.05, 3.63) is 59.2 Å². The number of carboxylic acids is 1. The van der Waals surface area contributed by atoms with Crippen molar-refractivity contribution >= 4 is 11.9 Å². The van der Waals surface area contributed by atoms with Crippen LogP contribution in [0.4, 0.5) is 0 Å². The second kappa shape index (κ2) is 7.91. The molecule has 0 bridgehead atoms. The summed E-state index contributed by atoms with van der Waals surface area (Å²) in [6.45, 7) is 4.44. The topological polar surface area (TPSA) is 84.9 Å². The molecule has 0 aliphatic rings. The number of amides is 1. The van der Waals surface area contributed by atoms with E-state index >= 15 is 0 Å². The first-order chi connectivity index (χ1) is 12.3. The van der Waals surface area contributed by atoms with Gasteiger partial charge in [0.1, 0.15) is 0 Å². The van der Waals surface area contributed by atoms with Gasteiger partial charge >= 0.3 is 5.97 Å². The van der Waals surface area contributed by atoms with Gasteiger partial charge in [0.2, 0.25) is 0 Å². The molecule has 0 saturated carbocycles. The minimum absolute atomic E-state index is 0.146. The van der Waals surface area contributed by atoms with Crippen molar-refractivity contribution in [2.75, 3.05) is 20.8 Å². The molecule has 2 rings (SSSR count). The minimum atomic E-state index is -1.02. The van der Waals surface area contributed by atoms with E-state index in [-0.39, 0.29) is 16.9 Å². The van der Waals surface area contributed by atoms with Crippen molar-refractivity contribution in [2.24, 2.45) is 0 Å². The monoisotopic (exact) mass is 357 g/mol. The van der Waals surface area contributed by atoms with E-state index in [9.17, 15) is 9.59 Å². The summed E-state index contributed by atoms with van der Waals surface area (Å²) in [6.07, 6.45) is 0. The molecule has 0 aromatic heterocycles. The summed E-state index contributed by atoms with van der Waals surface area (Å²) in [5, 5.41) is 11.8. The van der Waals surface area contributed by atoms with Crippen LogP contribution in [0.1, 0.15) is 40.1 Å². The fourth-order valence-electron chi connectivity index (χ4n) is 2.53. The van der Waals surface area contributed by atoms with E-state index < -0.39 is 5.97 Å². The van der Waals surface area contributed by atoms with Crippen LogP contribution in [0.25, 0.3) is 0 Å². The Morgan fingerprint density at radius 1 is 0.962 bits per heavy atom. The van der Waals surface area contributed by atoms with Crippen LogP contribution in [0, 0.1) is 0 Å². The Balaban J connectivity index is 2.09. The number of methoxy groups -OCH3 is 2. The molecule has 0 aliphatic heterocycles. The predicted molar refractivity (Wildman–Crippen MR) is 98.3 cm³/mol. The highest BCUT2D eigenvalue weighted by Gasteiger charge is 2.23. The highest BCUT2D eigenvalue weighted by Crippen LogP contribution is 2.32. The van der Waals surface area contributed by atoms with E-state index in [4.69, 9.17) is 14.6 Å². The summed E-state index contributed by atoms with van der Waals surface area (Å²) >= 11 is 0. The van der Waals surface area contributed by atoms with E-state index in [2.05, 4.69) is 5.32 Å². The van der Waals surface area contributed by atoms with E-state index in [1.807, 2.05) is 32.0 Å². The first kappa shape index (κ1) is 19.3. The van der Waals surface area contributed by atoms with Crippen molar-refractivity contribution in [1.82, 2.24) is 5.32 Å². The standard InChI is InChI=1S/C20H23NO5/c1-20(2,15-9-10-16(25-3)17(11-15)26-4)12-21-18(22)13-5-7-14(8-6-13)19(23)24/h5-11H,12H2,1-4H3,(H,21,22)(H,23,24). The molecule has 0 aliphatic carbocycles. The maximum atomic E-state index is 12.3. The molecule has 0 unspecified atom stereocenters. The maximum absolute atomic E-state index is 12.3. The quantitative estimate of drug-likeness (QED) is 0.795. The van der Waals surface area contributed by atoms with E-state index in [1.54, 1.807) is 14.2 Å². The van der Waals surface area contributed by atoms with Crippen LogP contribution in [-0.2, 0) is 5.41 Å². The van der Waals surface area contributed by atoms with Crippen LogP contribution in [0.2, 0.25) is 0 Å². The maximum Gasteiger partial charge on any atom is 0.335 e. The zero-order valence-electron chi connectivity index (χ0n) is 15.3. The number of carbonyl (C=O) groups is 2. The van der Waals surface area contributed by atoms with Gasteiger partial charge in [-0.3, -0.25) is 4.79 Å². The molecule has 138 valence electrons. The molecule has 0 saturated heterocycles. The number of aromatic carboxylic acids is 1. The zero-order valence-corrected chi connectivity index (χ0v) is 15.3. The number of hydrogen-bond acceptors (Lipinski definition) is 4. The third-order valence-corrected chi connectivity index (χ3v) is 4.25. The molecule has 6 heteroatoms. The summed E-state index contributed by atoms with van der Waals surface area (Å²) in [5.41, 5.74) is 1.22. The van der Waals surface area contributed by atoms with Crippen molar-refractivity contribution in [2.45, 2.75) is 19.3 Å². The SMILES string of the molecule is COc1ccc(C(C)(C)CNC(=O)c2ccc(C(=O)O)cc2)cc1OC. The van der Waals surface area contributed by atoms with Crippen LogP contribution in [0.5, 0.6) is 11.5 Å². The van der Waals surface area contributed by atoms with Crippen molar-refractivity contribution < 1.29 is 24.2 Å². The lowest BCUT2D eigenvalue weighted by atomic mass is 9.84. The van der Waals surface area contributed by atoms with Crippen molar-refractivity contribution in [1.29, 1.82) is 0 Å². The molecule has 2 aromatic rings. The van der Waals surface area contributed by atoms with Crippen LogP contribution in [0.15, 0.2) is 42.5 Å². The van der Waals surface area contributed by atoms with Crippen LogP contribution < -0.4 is 14.8 Å². The van der Waals surface area contributed by atoms with Gasteiger partial charge in [-0.25, -0.2) is 4.79 Å². The van der Waals surface area contributed by atoms with Gasteiger partial charge < -0.3 is 19.9 Å². The van der Waals surface area contributed by atoms with E-state index in [0.717, 1.165) is 5.56 Å². The fourth-order valence-corrected chi connectivity index (χ4v) is 2.53. The van der Waals surface area contributed by atoms with Gasteiger partial charge in [0, 0.05) is 17.5 Å². The van der Waals surface area contributed by atoms with Gasteiger partial charge in [-0.05, 0) is 42.0 Å². The third-order valence-electron chi connectivity index (χ3n) is 4.25. The van der Waals surface area contributed by atoms with Crippen LogP contribution in [0.3, 0.4) is 0 Å². The molecule has 2 N–H and O–H groups in total. The average molecular weight is 357 g/mol. The van der Waals surface area contributed by atoms with E-state index in [1.165, 1.54) is 24.3 Å². The molecular formula is C20H23NO5. The second-order valence-electron chi connectivity index (χ2n) is 6.52. The Morgan fingerprint density at radius 3 is 2.08 bits per heavy atom. The molecule has 0 heterocycles. The number of carboxylic acid groups (broad SMARTS) is 1. The molecule has 0 atom stereocenters. The summed E-state index contributed by atoms with van der Waals surface area (Å²) in [4.78, 5) is 23.2. The molecule has 6 nitrogen and oxygen atoms in total. The third kappa shape index (κ3) is 4.33. The zero-order chi connectivity index (χ0) is 19.3. The summed E-state index contributed by atoms with van der Waals surface area (Å²) in [5.74, 6) is 0.00491. The van der Waals surface area contributed by atoms with Gasteiger partial charge in [-0.15, -0.1) is 0 Å². The van der Waals surface area contributed by atoms with Crippen molar-refractivity contribution in [3.63, 3.8) is 0 Å². The summed E-state index contributed by atoms with van der Waals surface area (Å²) in [6, 6.07) is 11.5. The van der Waals surface area contributed by atoms with Crippen LogP contribution >= 0.6 is 0 Å². The molecule has 0 radical (unpaired) electrons. The second-order valence-corrected chi connectivity index (χ2v) is 6.52. The summed E-state index contributed by atoms with van der Waals surface area (Å²) < 4.78 is 10.6. The number of carbonyl (C=O) groups excluding carboxylic acids is 1. The molecule has 1 amide bonds. The van der Waals surface area contributed by atoms with Gasteiger partial charge in [0.25, 0.3) is 5.91 Å². The average Bonchev–Trinajstić information content (AvgIpc) is 2.65. The normalized spacial score (nSPS) is 10.9. The lowest BCUT2D eigenvalue weighted by Gasteiger charge is -2.26. The van der Waals surface area contributed by atoms with Gasteiger partial charge in [0.05, 0.1) is 19.8 Å². The Hall–Kier alpha value is -3.02. The first-order valence-corrected chi connectivity index (χ1v) is 8.12. The molecule has 2 aromatic carbocycles. The fraction of sp³-hybridized carbons (Fsp3) is 0.300. The largest absolute Gasteiger partial charge is 0.493 e. The highest BCUT2D eigenvalue weighted by atomic mass is 16.5. The number of benzene rings is 2. The number of hydrogen-bond donors (Lipinski definition) is 2. The number of rotatable bonds is 7. The van der Waals surface area contributed by atoms with Crippen molar-refractivity contribution in [3.8, 4) is 11.5 Å². The Labute approximate surface area is 152 Å². The van der Waals surface area contributed by atoms with Crippen LogP contribution in [-0.4, -0.2) is 37.7 Å². The number of ether oxygens (including phenoxy) is 2. The Morgan fingerprint density at radius 2 is 1.54 bits per heavy atom. The first-order valence-electron chi connectivity index (χ1n) is 8.12. The van der Waals surface area contributed by atoms with Gasteiger partial charge in [-0.2, -0.15) is 0 Å². The van der Waals surface area contributed by atoms with E-state index in [0.29, 0.717) is 23.6 Å². The minimum Gasteiger partial charge on any atom is -0.493 e. The predicted octanol–water partition coefficient (Wildman–Crippen LogP) is 3.11. The molecule has 0 fully saturated rings. The van der Waals surface area contributed by atoms with Gasteiger partial charge in [0.15, 0.2) is 11.5 Å². The smallest absolute Gasteiger partial charge is 0.335 e. The lowest BCUT2D eigenvalue weighted by molar-refractivity contribution is 0.0696.